The van der Waals surface area contributed by atoms with Gasteiger partial charge in [-0.1, -0.05) is 43.2 Å². The number of ether oxygens (including phenoxy) is 1. The van der Waals surface area contributed by atoms with Crippen molar-refractivity contribution in [3.05, 3.63) is 65.4 Å². The highest BCUT2D eigenvalue weighted by molar-refractivity contribution is 6.43. The van der Waals surface area contributed by atoms with Crippen molar-refractivity contribution in [1.29, 1.82) is 0 Å². The fourth-order valence-corrected chi connectivity index (χ4v) is 5.22. The van der Waals surface area contributed by atoms with Crippen molar-refractivity contribution in [1.82, 2.24) is 5.32 Å². The number of fused-ring (bicyclic) bond motifs is 2. The molecule has 0 unspecified atom stereocenters. The van der Waals surface area contributed by atoms with Crippen molar-refractivity contribution in [2.45, 2.75) is 50.9 Å². The number of benzene rings is 2. The third kappa shape index (κ3) is 4.27. The quantitative estimate of drug-likeness (QED) is 0.520. The smallest absolute Gasteiger partial charge is 0.475 e. The summed E-state index contributed by atoms with van der Waals surface area (Å²) >= 11 is 0. The monoisotopic (exact) mass is 433 g/mol. The molecule has 2 heterocycles. The number of carbonyl (C=O) groups excluding carboxylic acids is 1. The molecule has 5 rings (SSSR count). The summed E-state index contributed by atoms with van der Waals surface area (Å²) in [5, 5.41) is 23.4. The van der Waals surface area contributed by atoms with E-state index in [2.05, 4.69) is 11.4 Å². The summed E-state index contributed by atoms with van der Waals surface area (Å²) in [4.78, 5) is 12.7. The highest BCUT2D eigenvalue weighted by atomic mass is 16.5. The van der Waals surface area contributed by atoms with Gasteiger partial charge in [-0.05, 0) is 54.5 Å². The number of furan rings is 1. The zero-order valence-corrected chi connectivity index (χ0v) is 18.0. The molecule has 1 aromatic heterocycles. The van der Waals surface area contributed by atoms with Crippen LogP contribution in [0.15, 0.2) is 53.1 Å². The zero-order valence-electron chi connectivity index (χ0n) is 18.0. The lowest BCUT2D eigenvalue weighted by Crippen LogP contribution is -2.48. The number of rotatable bonds is 6. The Balaban J connectivity index is 1.24. The molecule has 0 saturated heterocycles. The molecule has 1 amide bonds. The van der Waals surface area contributed by atoms with Gasteiger partial charge in [-0.15, -0.1) is 0 Å². The van der Waals surface area contributed by atoms with Gasteiger partial charge in [0.05, 0.1) is 25.2 Å². The van der Waals surface area contributed by atoms with Crippen LogP contribution in [0.5, 0.6) is 5.75 Å². The van der Waals surface area contributed by atoms with E-state index in [0.717, 1.165) is 40.9 Å². The van der Waals surface area contributed by atoms with Gasteiger partial charge in [0.1, 0.15) is 11.3 Å². The third-order valence-corrected chi connectivity index (χ3v) is 6.97. The van der Waals surface area contributed by atoms with E-state index in [1.165, 1.54) is 31.2 Å². The molecule has 1 fully saturated rings. The number of para-hydroxylation sites is 1. The molecule has 1 saturated carbocycles. The maximum Gasteiger partial charge on any atom is 0.475 e. The summed E-state index contributed by atoms with van der Waals surface area (Å²) in [6.07, 6.45) is 8.08. The molecule has 7 heteroatoms. The van der Waals surface area contributed by atoms with Crippen molar-refractivity contribution in [3.8, 4) is 5.75 Å². The molecule has 2 aliphatic rings. The number of nitrogens with one attached hydrogen (secondary N) is 1. The van der Waals surface area contributed by atoms with Gasteiger partial charge < -0.3 is 24.5 Å². The predicted octanol–water partition coefficient (Wildman–Crippen LogP) is 3.21. The molecule has 0 radical (unpaired) electrons. The van der Waals surface area contributed by atoms with Crippen LogP contribution in [0, 0.1) is 5.41 Å². The normalized spacial score (nSPS) is 17.7. The first-order valence-electron chi connectivity index (χ1n) is 11.4. The van der Waals surface area contributed by atoms with E-state index >= 15 is 0 Å². The summed E-state index contributed by atoms with van der Waals surface area (Å²) in [6, 6.07) is 13.6. The van der Waals surface area contributed by atoms with Crippen molar-refractivity contribution in [2.75, 3.05) is 6.61 Å². The minimum atomic E-state index is -1.68. The molecule has 6 nitrogen and oxygen atoms in total. The second-order valence-electron chi connectivity index (χ2n) is 9.34. The topological polar surface area (TPSA) is 91.9 Å². The number of carbonyl (C=O) groups is 1. The summed E-state index contributed by atoms with van der Waals surface area (Å²) in [5.41, 5.74) is 3.92. The SMILES string of the molecule is O=C(Cc1ccc2c(c1)OCC1(CCCC1)C2)N[C@@H](Cc1coc2ccccc12)B(O)O. The van der Waals surface area contributed by atoms with Crippen LogP contribution >= 0.6 is 0 Å². The predicted molar refractivity (Wildman–Crippen MR) is 122 cm³/mol. The average Bonchev–Trinajstić information content (AvgIpc) is 3.41. The lowest BCUT2D eigenvalue weighted by molar-refractivity contribution is -0.120. The van der Waals surface area contributed by atoms with Gasteiger partial charge >= 0.3 is 7.12 Å². The largest absolute Gasteiger partial charge is 0.493 e. The first kappa shape index (κ1) is 21.1. The van der Waals surface area contributed by atoms with E-state index in [9.17, 15) is 14.8 Å². The second-order valence-corrected chi connectivity index (χ2v) is 9.34. The minimum Gasteiger partial charge on any atom is -0.493 e. The Morgan fingerprint density at radius 2 is 1.97 bits per heavy atom. The Morgan fingerprint density at radius 1 is 1.16 bits per heavy atom. The van der Waals surface area contributed by atoms with Gasteiger partial charge in [-0.3, -0.25) is 4.79 Å². The standard InChI is InChI=1S/C25H28BNO5/c28-24(27-23(26(29)30)13-19-15-31-21-6-2-1-5-20(19)21)12-17-7-8-18-14-25(9-3-4-10-25)16-32-22(18)11-17/h1-2,5-8,11,15,23,29-30H,3-4,9-10,12-14,16H2,(H,27,28)/t23-/m0/s1. The van der Waals surface area contributed by atoms with Gasteiger partial charge in [0.25, 0.3) is 0 Å². The maximum absolute atomic E-state index is 12.7. The summed E-state index contributed by atoms with van der Waals surface area (Å²) in [7, 11) is -1.68. The van der Waals surface area contributed by atoms with E-state index in [0.29, 0.717) is 5.41 Å². The van der Waals surface area contributed by atoms with Gasteiger partial charge in [0.2, 0.25) is 5.91 Å². The number of hydrogen-bond donors (Lipinski definition) is 3. The fourth-order valence-electron chi connectivity index (χ4n) is 5.22. The lowest BCUT2D eigenvalue weighted by Gasteiger charge is -2.34. The Morgan fingerprint density at radius 3 is 2.78 bits per heavy atom. The van der Waals surface area contributed by atoms with Crippen molar-refractivity contribution in [3.63, 3.8) is 0 Å². The van der Waals surface area contributed by atoms with Gasteiger partial charge in [0, 0.05) is 10.8 Å². The van der Waals surface area contributed by atoms with Gasteiger partial charge in [-0.2, -0.15) is 0 Å². The molecule has 1 aliphatic heterocycles. The molecule has 1 aliphatic carbocycles. The Bertz CT molecular complexity index is 1120. The number of amides is 1. The fraction of sp³-hybridized carbons (Fsp3) is 0.400. The zero-order chi connectivity index (χ0) is 22.1. The van der Waals surface area contributed by atoms with Crippen LogP contribution in [-0.2, 0) is 24.1 Å². The Labute approximate surface area is 187 Å². The highest BCUT2D eigenvalue weighted by Gasteiger charge is 2.38. The van der Waals surface area contributed by atoms with Crippen LogP contribution in [0.3, 0.4) is 0 Å². The molecule has 1 spiro atoms. The molecule has 2 aromatic carbocycles. The molecule has 32 heavy (non-hydrogen) atoms. The second kappa shape index (κ2) is 8.64. The first-order chi connectivity index (χ1) is 15.5. The van der Waals surface area contributed by atoms with Crippen LogP contribution in [-0.4, -0.2) is 35.6 Å². The van der Waals surface area contributed by atoms with Crippen LogP contribution < -0.4 is 10.1 Å². The Kier molecular flexibility index (Phi) is 5.70. The maximum atomic E-state index is 12.7. The van der Waals surface area contributed by atoms with Gasteiger partial charge in [-0.25, -0.2) is 0 Å². The van der Waals surface area contributed by atoms with E-state index in [4.69, 9.17) is 9.15 Å². The molecular formula is C25H28BNO5. The average molecular weight is 433 g/mol. The van der Waals surface area contributed by atoms with Crippen molar-refractivity contribution >= 4 is 24.0 Å². The Hall–Kier alpha value is -2.77. The van der Waals surface area contributed by atoms with Crippen LogP contribution in [0.1, 0.15) is 42.4 Å². The van der Waals surface area contributed by atoms with Crippen molar-refractivity contribution in [2.24, 2.45) is 5.41 Å². The number of hydrogen-bond acceptors (Lipinski definition) is 5. The molecule has 3 aromatic rings. The molecule has 3 N–H and O–H groups in total. The van der Waals surface area contributed by atoms with Crippen LogP contribution in [0.2, 0.25) is 0 Å². The van der Waals surface area contributed by atoms with E-state index < -0.39 is 13.1 Å². The summed E-state index contributed by atoms with van der Waals surface area (Å²) < 4.78 is 11.6. The van der Waals surface area contributed by atoms with E-state index in [-0.39, 0.29) is 18.7 Å². The molecule has 0 bridgehead atoms. The summed E-state index contributed by atoms with van der Waals surface area (Å²) in [6.45, 7) is 0.757. The van der Waals surface area contributed by atoms with Crippen molar-refractivity contribution < 1.29 is 24.0 Å². The van der Waals surface area contributed by atoms with Crippen LogP contribution in [0.4, 0.5) is 0 Å². The molecule has 1 atom stereocenters. The summed E-state index contributed by atoms with van der Waals surface area (Å²) in [5.74, 6) is -0.227. The third-order valence-electron chi connectivity index (χ3n) is 6.97. The van der Waals surface area contributed by atoms with Gasteiger partial charge in [0.15, 0.2) is 0 Å². The first-order valence-corrected chi connectivity index (χ1v) is 11.4. The minimum absolute atomic E-state index is 0.150. The van der Waals surface area contributed by atoms with Crippen LogP contribution in [0.25, 0.3) is 11.0 Å². The van der Waals surface area contributed by atoms with E-state index in [1.807, 2.05) is 36.4 Å². The molecule has 166 valence electrons. The molecular weight excluding hydrogens is 405 g/mol. The highest BCUT2D eigenvalue weighted by Crippen LogP contribution is 2.45. The lowest BCUT2D eigenvalue weighted by atomic mass is 9.75. The van der Waals surface area contributed by atoms with E-state index in [1.54, 1.807) is 6.26 Å².